The van der Waals surface area contributed by atoms with Crippen LogP contribution in [-0.4, -0.2) is 68.5 Å². The summed E-state index contributed by atoms with van der Waals surface area (Å²) in [6.07, 6.45) is 29.9. The number of unbranched alkanes of at least 4 members (excludes halogenated alkanes) is 12. The summed E-state index contributed by atoms with van der Waals surface area (Å²) in [6, 6.07) is -0.902. The van der Waals surface area contributed by atoms with Crippen molar-refractivity contribution >= 4 is 13.7 Å². The first-order valence-corrected chi connectivity index (χ1v) is 17.8. The van der Waals surface area contributed by atoms with Gasteiger partial charge in [0.1, 0.15) is 13.2 Å². The number of aliphatic hydroxyl groups is 1. The lowest BCUT2D eigenvalue weighted by molar-refractivity contribution is -0.870. The number of hydrogen-bond donors (Lipinski definition) is 2. The molecule has 0 aliphatic heterocycles. The molecular weight excluding hydrogens is 551 g/mol. The van der Waals surface area contributed by atoms with Crippen LogP contribution in [0.3, 0.4) is 0 Å². The third kappa shape index (κ3) is 27.5. The van der Waals surface area contributed by atoms with E-state index in [0.717, 1.165) is 25.7 Å². The van der Waals surface area contributed by atoms with E-state index in [0.29, 0.717) is 11.0 Å². The maximum absolute atomic E-state index is 12.1. The van der Waals surface area contributed by atoms with Gasteiger partial charge in [-0.2, -0.15) is 0 Å². The van der Waals surface area contributed by atoms with Crippen LogP contribution in [0, 0.1) is 0 Å². The van der Waals surface area contributed by atoms with Gasteiger partial charge >= 0.3 is 0 Å². The zero-order valence-corrected chi connectivity index (χ0v) is 28.3. The molecule has 3 atom stereocenters. The first-order valence-electron chi connectivity index (χ1n) is 16.4. The van der Waals surface area contributed by atoms with Crippen molar-refractivity contribution < 1.29 is 32.9 Å². The summed E-state index contributed by atoms with van der Waals surface area (Å²) in [6.45, 7) is 4.02. The average Bonchev–Trinajstić information content (AvgIpc) is 2.93. The molecule has 0 aliphatic carbocycles. The molecule has 42 heavy (non-hydrogen) atoms. The van der Waals surface area contributed by atoms with E-state index < -0.39 is 26.6 Å². The Bertz CT molecular complexity index is 794. The summed E-state index contributed by atoms with van der Waals surface area (Å²) in [7, 11) is 1.22. The Hall–Kier alpha value is -1.28. The van der Waals surface area contributed by atoms with Crippen LogP contribution >= 0.6 is 7.82 Å². The Kier molecular flexibility index (Phi) is 25.4. The number of nitrogens with zero attached hydrogens (tertiary/aromatic N) is 1. The third-order valence-electron chi connectivity index (χ3n) is 6.89. The maximum atomic E-state index is 12.1. The molecule has 0 saturated heterocycles. The number of hydrogen-bond acceptors (Lipinski definition) is 6. The van der Waals surface area contributed by atoms with E-state index >= 15 is 0 Å². The molecule has 9 heteroatoms. The number of allylic oxidation sites excluding steroid dienone is 5. The molecule has 0 aromatic rings. The predicted molar refractivity (Wildman–Crippen MR) is 173 cm³/mol. The van der Waals surface area contributed by atoms with Crippen LogP contribution in [0.25, 0.3) is 0 Å². The van der Waals surface area contributed by atoms with Crippen molar-refractivity contribution in [2.45, 2.75) is 129 Å². The molecule has 0 radical (unpaired) electrons. The van der Waals surface area contributed by atoms with Crippen molar-refractivity contribution in [2.75, 3.05) is 40.9 Å². The number of nitrogens with one attached hydrogen (secondary N) is 1. The molecule has 3 unspecified atom stereocenters. The molecule has 0 aromatic heterocycles. The van der Waals surface area contributed by atoms with Gasteiger partial charge < -0.3 is 28.8 Å². The predicted octanol–water partition coefficient (Wildman–Crippen LogP) is 6.99. The molecule has 246 valence electrons. The van der Waals surface area contributed by atoms with Crippen molar-refractivity contribution in [1.82, 2.24) is 5.32 Å². The molecule has 0 saturated carbocycles. The number of likely N-dealkylation sites (N-methyl/N-ethyl adjacent to an activating group) is 1. The Balaban J connectivity index is 4.13. The highest BCUT2D eigenvalue weighted by molar-refractivity contribution is 7.45. The van der Waals surface area contributed by atoms with E-state index in [1.54, 1.807) is 13.0 Å². The molecule has 2 N–H and O–H groups in total. The van der Waals surface area contributed by atoms with Crippen LogP contribution in [0.1, 0.15) is 117 Å². The molecular formula is C33H63N2O6P. The lowest BCUT2D eigenvalue weighted by Crippen LogP contribution is -2.45. The van der Waals surface area contributed by atoms with Gasteiger partial charge in [-0.25, -0.2) is 0 Å². The summed E-state index contributed by atoms with van der Waals surface area (Å²) in [5.41, 5.74) is 0. The number of quaternary nitrogens is 1. The zero-order chi connectivity index (χ0) is 31.5. The van der Waals surface area contributed by atoms with Crippen LogP contribution in [0.5, 0.6) is 0 Å². The smallest absolute Gasteiger partial charge is 0.268 e. The molecule has 8 nitrogen and oxygen atoms in total. The second-order valence-electron chi connectivity index (χ2n) is 12.1. The maximum Gasteiger partial charge on any atom is 0.268 e. The first kappa shape index (κ1) is 40.7. The minimum atomic E-state index is -4.55. The minimum absolute atomic E-state index is 0.0120. The lowest BCUT2D eigenvalue weighted by Gasteiger charge is -2.29. The van der Waals surface area contributed by atoms with Crippen molar-refractivity contribution in [3.05, 3.63) is 36.5 Å². The van der Waals surface area contributed by atoms with Gasteiger partial charge in [-0.1, -0.05) is 108 Å². The molecule has 0 aliphatic rings. The number of aliphatic hydroxyl groups excluding tert-OH is 1. The third-order valence-corrected chi connectivity index (χ3v) is 7.86. The highest BCUT2D eigenvalue weighted by atomic mass is 31.2. The normalized spacial score (nSPS) is 15.5. The molecule has 0 spiro atoms. The highest BCUT2D eigenvalue weighted by Gasteiger charge is 2.22. The van der Waals surface area contributed by atoms with Crippen molar-refractivity contribution in [2.24, 2.45) is 0 Å². The van der Waals surface area contributed by atoms with Crippen molar-refractivity contribution in [3.63, 3.8) is 0 Å². The fraction of sp³-hybridized carbons (Fsp3) is 0.788. The van der Waals surface area contributed by atoms with Gasteiger partial charge in [-0.05, 0) is 38.5 Å². The number of carbonyl (C=O) groups excluding carboxylic acids is 1. The summed E-state index contributed by atoms with van der Waals surface area (Å²) < 4.78 is 22.5. The van der Waals surface area contributed by atoms with E-state index in [-0.39, 0.29) is 18.9 Å². The van der Waals surface area contributed by atoms with E-state index in [4.69, 9.17) is 9.05 Å². The number of amides is 1. The molecule has 0 heterocycles. The van der Waals surface area contributed by atoms with Gasteiger partial charge in [-0.15, -0.1) is 0 Å². The Morgan fingerprint density at radius 2 is 1.31 bits per heavy atom. The van der Waals surface area contributed by atoms with Gasteiger partial charge in [0.05, 0.1) is 39.9 Å². The second kappa shape index (κ2) is 26.2. The largest absolute Gasteiger partial charge is 0.756 e. The number of rotatable bonds is 28. The van der Waals surface area contributed by atoms with Crippen molar-refractivity contribution in [1.29, 1.82) is 0 Å². The van der Waals surface area contributed by atoms with Crippen LogP contribution in [-0.2, 0) is 18.4 Å². The van der Waals surface area contributed by atoms with Crippen LogP contribution < -0.4 is 10.2 Å². The van der Waals surface area contributed by atoms with E-state index in [1.165, 1.54) is 70.6 Å². The second-order valence-corrected chi connectivity index (χ2v) is 13.5. The van der Waals surface area contributed by atoms with Crippen LogP contribution in [0.2, 0.25) is 0 Å². The van der Waals surface area contributed by atoms with E-state index in [2.05, 4.69) is 36.5 Å². The Morgan fingerprint density at radius 3 is 1.83 bits per heavy atom. The quantitative estimate of drug-likeness (QED) is 0.0426. The standard InChI is InChI=1S/C33H63N2O6P/c1-6-8-9-10-11-12-13-14-15-16-17-18-19-20-21-22-23-24-25-26-27-32(36)31(34-33(37)7-2)30-41-42(38,39)40-29-28-35(3,4)5/h18-19,22-23,26-27,31-32,36H,6-17,20-21,24-25,28-30H2,1-5H3,(H-,34,37,38,39)/b19-18+,23-22+,27-26+. The summed E-state index contributed by atoms with van der Waals surface area (Å²) in [5.74, 6) is -0.303. The molecule has 0 fully saturated rings. The Labute approximate surface area is 257 Å². The molecule has 0 aromatic carbocycles. The van der Waals surface area contributed by atoms with Crippen molar-refractivity contribution in [3.8, 4) is 0 Å². The fourth-order valence-electron chi connectivity index (χ4n) is 4.15. The summed E-state index contributed by atoms with van der Waals surface area (Å²) >= 11 is 0. The minimum Gasteiger partial charge on any atom is -0.756 e. The number of carbonyl (C=O) groups is 1. The lowest BCUT2D eigenvalue weighted by atomic mass is 10.1. The van der Waals surface area contributed by atoms with Gasteiger partial charge in [0.2, 0.25) is 5.91 Å². The summed E-state index contributed by atoms with van der Waals surface area (Å²) in [4.78, 5) is 24.0. The SMILES string of the molecule is CCCCCCCCCCCC/C=C/CC/C=C/CC/C=C/C(O)C(COP(=O)([O-])OCC[N+](C)(C)C)NC(=O)CC. The van der Waals surface area contributed by atoms with Crippen LogP contribution in [0.15, 0.2) is 36.5 Å². The van der Waals surface area contributed by atoms with Gasteiger partial charge in [-0.3, -0.25) is 9.36 Å². The molecule has 0 bridgehead atoms. The van der Waals surface area contributed by atoms with Crippen LogP contribution in [0.4, 0.5) is 0 Å². The Morgan fingerprint density at radius 1 is 0.810 bits per heavy atom. The average molecular weight is 615 g/mol. The van der Waals surface area contributed by atoms with Gasteiger partial charge in [0.25, 0.3) is 7.82 Å². The monoisotopic (exact) mass is 614 g/mol. The fourth-order valence-corrected chi connectivity index (χ4v) is 4.87. The topological polar surface area (TPSA) is 108 Å². The van der Waals surface area contributed by atoms with Gasteiger partial charge in [0, 0.05) is 6.42 Å². The van der Waals surface area contributed by atoms with E-state index in [1.807, 2.05) is 27.2 Å². The van der Waals surface area contributed by atoms with E-state index in [9.17, 15) is 19.4 Å². The summed E-state index contributed by atoms with van der Waals surface area (Å²) in [5, 5.41) is 13.2. The highest BCUT2D eigenvalue weighted by Crippen LogP contribution is 2.38. The first-order chi connectivity index (χ1) is 20.0. The van der Waals surface area contributed by atoms with Gasteiger partial charge in [0.15, 0.2) is 0 Å². The zero-order valence-electron chi connectivity index (χ0n) is 27.4. The number of phosphoric ester groups is 1. The molecule has 1 amide bonds. The number of phosphoric acid groups is 1. The molecule has 0 rings (SSSR count).